The van der Waals surface area contributed by atoms with Gasteiger partial charge in [-0.25, -0.2) is 8.78 Å². The van der Waals surface area contributed by atoms with Gasteiger partial charge in [0.2, 0.25) is 5.91 Å². The molecule has 1 heterocycles. The standard InChI is InChI=1S/C28H25F2N3O4/c1-2-37-24-10-6-4-8-21(24)26(35)32-19-13-11-18(12-14-19)27(36)33-16-15-28(29,30)22(17-25(31)34)20-7-3-5-9-23(20)33/h3-14,17H,2,15-16H2,1H3,(H2,31,34)(H,32,35). The van der Waals surface area contributed by atoms with Gasteiger partial charge >= 0.3 is 0 Å². The fraction of sp³-hybridized carbons (Fsp3) is 0.179. The number of halogens is 2. The summed E-state index contributed by atoms with van der Waals surface area (Å²) in [5, 5.41) is 2.77. The van der Waals surface area contributed by atoms with Crippen LogP contribution in [-0.2, 0) is 4.79 Å². The number of benzene rings is 3. The summed E-state index contributed by atoms with van der Waals surface area (Å²) in [5.41, 5.74) is 6.04. The highest BCUT2D eigenvalue weighted by molar-refractivity contribution is 6.10. The second kappa shape index (κ2) is 10.6. The average molecular weight is 506 g/mol. The van der Waals surface area contributed by atoms with Crippen LogP contribution in [0.3, 0.4) is 0 Å². The number of rotatable bonds is 6. The maximum atomic E-state index is 14.9. The first-order valence-electron chi connectivity index (χ1n) is 11.6. The van der Waals surface area contributed by atoms with Gasteiger partial charge in [-0.1, -0.05) is 30.3 Å². The number of nitrogens with one attached hydrogen (secondary N) is 1. The van der Waals surface area contributed by atoms with Crippen molar-refractivity contribution in [1.82, 2.24) is 0 Å². The maximum absolute atomic E-state index is 14.9. The van der Waals surface area contributed by atoms with Gasteiger partial charge in [-0.3, -0.25) is 14.4 Å². The van der Waals surface area contributed by atoms with Crippen LogP contribution in [0.5, 0.6) is 5.75 Å². The fourth-order valence-corrected chi connectivity index (χ4v) is 4.16. The molecule has 0 fully saturated rings. The summed E-state index contributed by atoms with van der Waals surface area (Å²) >= 11 is 0. The summed E-state index contributed by atoms with van der Waals surface area (Å²) in [6, 6.07) is 19.2. The Kier molecular flexibility index (Phi) is 7.33. The predicted molar refractivity (Wildman–Crippen MR) is 137 cm³/mol. The van der Waals surface area contributed by atoms with E-state index in [4.69, 9.17) is 10.5 Å². The molecule has 190 valence electrons. The molecule has 0 aromatic heterocycles. The Hall–Kier alpha value is -4.53. The molecule has 3 amide bonds. The monoisotopic (exact) mass is 505 g/mol. The van der Waals surface area contributed by atoms with Crippen LogP contribution in [0.25, 0.3) is 5.57 Å². The first-order chi connectivity index (χ1) is 17.7. The van der Waals surface area contributed by atoms with Crippen molar-refractivity contribution in [2.75, 3.05) is 23.4 Å². The van der Waals surface area contributed by atoms with Crippen LogP contribution in [0.1, 0.15) is 39.6 Å². The van der Waals surface area contributed by atoms with E-state index in [0.29, 0.717) is 29.7 Å². The zero-order valence-electron chi connectivity index (χ0n) is 20.0. The number of fused-ring (bicyclic) bond motifs is 1. The molecular weight excluding hydrogens is 480 g/mol. The molecule has 3 N–H and O–H groups in total. The molecule has 0 atom stereocenters. The first-order valence-corrected chi connectivity index (χ1v) is 11.6. The largest absolute Gasteiger partial charge is 0.493 e. The van der Waals surface area contributed by atoms with Gasteiger partial charge in [0.1, 0.15) is 5.75 Å². The lowest BCUT2D eigenvalue weighted by Gasteiger charge is -2.23. The summed E-state index contributed by atoms with van der Waals surface area (Å²) in [5.74, 6) is -4.77. The number of nitrogens with two attached hydrogens (primary N) is 1. The molecule has 3 aromatic rings. The second-order valence-electron chi connectivity index (χ2n) is 8.35. The van der Waals surface area contributed by atoms with E-state index in [-0.39, 0.29) is 29.3 Å². The fourth-order valence-electron chi connectivity index (χ4n) is 4.16. The van der Waals surface area contributed by atoms with Crippen molar-refractivity contribution in [3.05, 3.63) is 95.6 Å². The van der Waals surface area contributed by atoms with Crippen LogP contribution in [0.4, 0.5) is 20.2 Å². The van der Waals surface area contributed by atoms with Gasteiger partial charge in [-0.05, 0) is 49.4 Å². The lowest BCUT2D eigenvalue weighted by Crippen LogP contribution is -2.33. The minimum atomic E-state index is -3.36. The molecule has 0 spiro atoms. The van der Waals surface area contributed by atoms with Gasteiger partial charge in [0.05, 0.1) is 17.9 Å². The van der Waals surface area contributed by atoms with Crippen LogP contribution in [-0.4, -0.2) is 36.8 Å². The molecule has 1 aliphatic rings. The third kappa shape index (κ3) is 5.50. The number of anilines is 2. The Balaban J connectivity index is 1.59. The molecule has 0 bridgehead atoms. The quantitative estimate of drug-likeness (QED) is 0.466. The number of carbonyl (C=O) groups excluding carboxylic acids is 3. The molecule has 0 unspecified atom stereocenters. The average Bonchev–Trinajstić information content (AvgIpc) is 2.98. The Morgan fingerprint density at radius 2 is 1.70 bits per heavy atom. The van der Waals surface area contributed by atoms with Gasteiger partial charge in [0.25, 0.3) is 17.7 Å². The van der Waals surface area contributed by atoms with E-state index in [2.05, 4.69) is 5.32 Å². The highest BCUT2D eigenvalue weighted by Gasteiger charge is 2.41. The van der Waals surface area contributed by atoms with Crippen LogP contribution in [0.2, 0.25) is 0 Å². The normalized spacial score (nSPS) is 15.4. The van der Waals surface area contributed by atoms with Crippen molar-refractivity contribution < 1.29 is 27.9 Å². The molecule has 37 heavy (non-hydrogen) atoms. The van der Waals surface area contributed by atoms with Gasteiger partial charge in [-0.15, -0.1) is 0 Å². The number of ether oxygens (including phenoxy) is 1. The Morgan fingerprint density at radius 1 is 1.03 bits per heavy atom. The molecule has 7 nitrogen and oxygen atoms in total. The molecule has 0 saturated heterocycles. The van der Waals surface area contributed by atoms with Gasteiger partial charge in [0, 0.05) is 41.4 Å². The smallest absolute Gasteiger partial charge is 0.275 e. The van der Waals surface area contributed by atoms with E-state index in [1.54, 1.807) is 54.6 Å². The van der Waals surface area contributed by atoms with Crippen LogP contribution >= 0.6 is 0 Å². The molecule has 0 radical (unpaired) electrons. The summed E-state index contributed by atoms with van der Waals surface area (Å²) in [6.07, 6.45) is 0.0356. The molecule has 3 aromatic carbocycles. The topological polar surface area (TPSA) is 102 Å². The number of amides is 3. The lowest BCUT2D eigenvalue weighted by atomic mass is 9.97. The number of hydrogen-bond acceptors (Lipinski definition) is 4. The Labute approximate surface area is 212 Å². The summed E-state index contributed by atoms with van der Waals surface area (Å²) in [6.45, 7) is 1.96. The third-order valence-corrected chi connectivity index (χ3v) is 5.88. The second-order valence-corrected chi connectivity index (χ2v) is 8.35. The van der Waals surface area contributed by atoms with Crippen molar-refractivity contribution in [3.63, 3.8) is 0 Å². The van der Waals surface area contributed by atoms with Crippen LogP contribution in [0, 0.1) is 0 Å². The number of allylic oxidation sites excluding steroid dienone is 1. The zero-order chi connectivity index (χ0) is 26.6. The number of hydrogen-bond donors (Lipinski definition) is 2. The van der Waals surface area contributed by atoms with Crippen molar-refractivity contribution in [3.8, 4) is 5.75 Å². The van der Waals surface area contributed by atoms with Gasteiger partial charge < -0.3 is 20.7 Å². The van der Waals surface area contributed by atoms with E-state index in [1.807, 2.05) is 6.92 Å². The van der Waals surface area contributed by atoms with Crippen molar-refractivity contribution in [2.24, 2.45) is 5.73 Å². The number of alkyl halides is 2. The van der Waals surface area contributed by atoms with Gasteiger partial charge in [0.15, 0.2) is 0 Å². The zero-order valence-corrected chi connectivity index (χ0v) is 20.0. The lowest BCUT2D eigenvalue weighted by molar-refractivity contribution is -0.113. The minimum absolute atomic E-state index is 0.0639. The minimum Gasteiger partial charge on any atom is -0.493 e. The van der Waals surface area contributed by atoms with E-state index in [1.165, 1.54) is 23.1 Å². The van der Waals surface area contributed by atoms with Gasteiger partial charge in [-0.2, -0.15) is 0 Å². The summed E-state index contributed by atoms with van der Waals surface area (Å²) < 4.78 is 35.4. The molecule has 9 heteroatoms. The summed E-state index contributed by atoms with van der Waals surface area (Å²) in [4.78, 5) is 38.9. The molecular formula is C28H25F2N3O4. The predicted octanol–water partition coefficient (Wildman–Crippen LogP) is 4.89. The number of primary amides is 1. The molecule has 4 rings (SSSR count). The maximum Gasteiger partial charge on any atom is 0.275 e. The Morgan fingerprint density at radius 3 is 2.41 bits per heavy atom. The van der Waals surface area contributed by atoms with Crippen molar-refractivity contribution in [2.45, 2.75) is 19.3 Å². The highest BCUT2D eigenvalue weighted by atomic mass is 19.3. The molecule has 0 aliphatic carbocycles. The van der Waals surface area contributed by atoms with E-state index < -0.39 is 29.7 Å². The summed E-state index contributed by atoms with van der Waals surface area (Å²) in [7, 11) is 0. The number of carbonyl (C=O) groups is 3. The van der Waals surface area contributed by atoms with Crippen molar-refractivity contribution >= 4 is 34.7 Å². The van der Waals surface area contributed by atoms with E-state index in [0.717, 1.165) is 0 Å². The van der Waals surface area contributed by atoms with Crippen LogP contribution in [0.15, 0.2) is 78.9 Å². The van der Waals surface area contributed by atoms with Crippen LogP contribution < -0.4 is 20.7 Å². The first kappa shape index (κ1) is 25.6. The SMILES string of the molecule is CCOc1ccccc1C(=O)Nc1ccc(C(=O)N2CCC(F)(F)C(=CC(N)=O)c3ccccc32)cc1. The molecule has 1 aliphatic heterocycles. The number of nitrogens with zero attached hydrogens (tertiary/aromatic N) is 1. The Bertz CT molecular complexity index is 1370. The number of para-hydroxylation sites is 2. The molecule has 0 saturated carbocycles. The third-order valence-electron chi connectivity index (χ3n) is 5.88. The highest BCUT2D eigenvalue weighted by Crippen LogP contribution is 2.43. The van der Waals surface area contributed by atoms with Crippen molar-refractivity contribution in [1.29, 1.82) is 0 Å². The van der Waals surface area contributed by atoms with E-state index >= 15 is 0 Å². The van der Waals surface area contributed by atoms with E-state index in [9.17, 15) is 23.2 Å².